The molecule has 0 saturated carbocycles. The standard InChI is InChI=1S/C23H27N5O3/c1-15-8-6-9-16(12-15)14-31-19-17(10-7-11-18(19)30-5)13-24-27-22-25-21(29)20(26-28-22)23(2,3)4/h6-13H,14H2,1-5H3,(H2,25,27,28,29)/b24-13+. The Kier molecular flexibility index (Phi) is 6.69. The van der Waals surface area contributed by atoms with Crippen molar-refractivity contribution < 1.29 is 9.47 Å². The SMILES string of the molecule is COc1cccc(/C=N/Nc2nnc(C(C)(C)C)c(=O)[nH]2)c1OCc1cccc(C)c1. The Morgan fingerprint density at radius 2 is 1.94 bits per heavy atom. The van der Waals surface area contributed by atoms with Crippen molar-refractivity contribution in [2.75, 3.05) is 12.5 Å². The number of methoxy groups -OCH3 is 1. The zero-order valence-corrected chi connectivity index (χ0v) is 18.4. The summed E-state index contributed by atoms with van der Waals surface area (Å²) in [7, 11) is 1.59. The number of benzene rings is 2. The summed E-state index contributed by atoms with van der Waals surface area (Å²) in [5, 5.41) is 12.2. The van der Waals surface area contributed by atoms with Crippen LogP contribution in [0.1, 0.15) is 43.2 Å². The molecular weight excluding hydrogens is 394 g/mol. The van der Waals surface area contributed by atoms with Crippen LogP contribution in [-0.4, -0.2) is 28.5 Å². The predicted molar refractivity (Wildman–Crippen MR) is 121 cm³/mol. The van der Waals surface area contributed by atoms with Crippen LogP contribution in [0.15, 0.2) is 52.4 Å². The predicted octanol–water partition coefficient (Wildman–Crippen LogP) is 3.80. The summed E-state index contributed by atoms with van der Waals surface area (Å²) < 4.78 is 11.5. The number of nitrogens with zero attached hydrogens (tertiary/aromatic N) is 3. The molecule has 162 valence electrons. The van der Waals surface area contributed by atoms with Crippen molar-refractivity contribution in [3.8, 4) is 11.5 Å². The van der Waals surface area contributed by atoms with Gasteiger partial charge in [0.25, 0.3) is 5.56 Å². The van der Waals surface area contributed by atoms with Gasteiger partial charge in [0.05, 0.1) is 13.3 Å². The number of aromatic nitrogens is 3. The van der Waals surface area contributed by atoms with Crippen molar-refractivity contribution >= 4 is 12.2 Å². The molecule has 0 aliphatic heterocycles. The van der Waals surface area contributed by atoms with Gasteiger partial charge in [-0.3, -0.25) is 9.78 Å². The summed E-state index contributed by atoms with van der Waals surface area (Å²) in [6.07, 6.45) is 1.58. The Balaban J connectivity index is 1.77. The molecule has 0 unspecified atom stereocenters. The van der Waals surface area contributed by atoms with Crippen molar-refractivity contribution in [2.45, 2.75) is 39.7 Å². The van der Waals surface area contributed by atoms with E-state index >= 15 is 0 Å². The summed E-state index contributed by atoms with van der Waals surface area (Å²) in [6.45, 7) is 8.14. The Hall–Kier alpha value is -3.68. The second-order valence-electron chi connectivity index (χ2n) is 8.13. The largest absolute Gasteiger partial charge is 0.493 e. The number of hydrogen-bond donors (Lipinski definition) is 2. The van der Waals surface area contributed by atoms with Crippen LogP contribution < -0.4 is 20.5 Å². The first-order chi connectivity index (χ1) is 14.8. The fourth-order valence-corrected chi connectivity index (χ4v) is 2.95. The summed E-state index contributed by atoms with van der Waals surface area (Å²) >= 11 is 0. The van der Waals surface area contributed by atoms with Crippen molar-refractivity contribution in [1.29, 1.82) is 0 Å². The molecule has 0 saturated heterocycles. The summed E-state index contributed by atoms with van der Waals surface area (Å²) in [5.41, 5.74) is 5.30. The maximum Gasteiger partial charge on any atom is 0.274 e. The van der Waals surface area contributed by atoms with Crippen molar-refractivity contribution in [3.63, 3.8) is 0 Å². The molecule has 0 radical (unpaired) electrons. The van der Waals surface area contributed by atoms with Crippen molar-refractivity contribution in [2.24, 2.45) is 5.10 Å². The molecule has 8 nitrogen and oxygen atoms in total. The minimum absolute atomic E-state index is 0.152. The van der Waals surface area contributed by atoms with Crippen molar-refractivity contribution in [1.82, 2.24) is 15.2 Å². The lowest BCUT2D eigenvalue weighted by Crippen LogP contribution is -2.28. The third-order valence-corrected chi connectivity index (χ3v) is 4.48. The molecule has 0 fully saturated rings. The third kappa shape index (κ3) is 5.69. The molecule has 1 aromatic heterocycles. The van der Waals surface area contributed by atoms with Gasteiger partial charge in [-0.2, -0.15) is 5.10 Å². The highest BCUT2D eigenvalue weighted by atomic mass is 16.5. The Bertz CT molecular complexity index is 1130. The summed E-state index contributed by atoms with van der Waals surface area (Å²) in [4.78, 5) is 14.9. The van der Waals surface area contributed by atoms with E-state index in [9.17, 15) is 4.79 Å². The third-order valence-electron chi connectivity index (χ3n) is 4.48. The number of anilines is 1. The van der Waals surface area contributed by atoms with Gasteiger partial charge in [-0.05, 0) is 24.6 Å². The minimum Gasteiger partial charge on any atom is -0.493 e. The molecule has 3 aromatic rings. The number of para-hydroxylation sites is 1. The van der Waals surface area contributed by atoms with Crippen LogP contribution in [0.3, 0.4) is 0 Å². The molecule has 0 amide bonds. The molecule has 0 spiro atoms. The zero-order valence-electron chi connectivity index (χ0n) is 18.4. The van der Waals surface area contributed by atoms with Gasteiger partial charge in [-0.15, -0.1) is 10.2 Å². The van der Waals surface area contributed by atoms with Gasteiger partial charge in [-0.25, -0.2) is 5.43 Å². The van der Waals surface area contributed by atoms with Gasteiger partial charge < -0.3 is 9.47 Å². The van der Waals surface area contributed by atoms with E-state index in [4.69, 9.17) is 9.47 Å². The molecule has 0 aliphatic rings. The lowest BCUT2D eigenvalue weighted by atomic mass is 9.93. The average Bonchev–Trinajstić information content (AvgIpc) is 2.71. The van der Waals surface area contributed by atoms with E-state index in [0.717, 1.165) is 5.56 Å². The normalized spacial score (nSPS) is 11.5. The minimum atomic E-state index is -0.396. The Morgan fingerprint density at radius 3 is 2.61 bits per heavy atom. The average molecular weight is 422 g/mol. The quantitative estimate of drug-likeness (QED) is 0.444. The molecule has 31 heavy (non-hydrogen) atoms. The van der Waals surface area contributed by atoms with E-state index in [1.807, 2.05) is 64.1 Å². The maximum absolute atomic E-state index is 12.2. The molecule has 0 aliphatic carbocycles. The topological polar surface area (TPSA) is 101 Å². The van der Waals surface area contributed by atoms with E-state index in [0.29, 0.717) is 29.4 Å². The summed E-state index contributed by atoms with van der Waals surface area (Å²) in [5.74, 6) is 1.32. The van der Waals surface area contributed by atoms with E-state index < -0.39 is 5.41 Å². The van der Waals surface area contributed by atoms with Crippen LogP contribution in [-0.2, 0) is 12.0 Å². The van der Waals surface area contributed by atoms with Crippen LogP contribution in [0.25, 0.3) is 0 Å². The maximum atomic E-state index is 12.2. The summed E-state index contributed by atoms with van der Waals surface area (Å²) in [6, 6.07) is 13.6. The molecule has 0 atom stereocenters. The number of aryl methyl sites for hydroxylation is 1. The lowest BCUT2D eigenvalue weighted by Gasteiger charge is -2.15. The fraction of sp³-hybridized carbons (Fsp3) is 0.304. The number of aromatic amines is 1. The molecule has 3 rings (SSSR count). The first kappa shape index (κ1) is 22.0. The van der Waals surface area contributed by atoms with Gasteiger partial charge in [0.15, 0.2) is 11.5 Å². The van der Waals surface area contributed by atoms with Gasteiger partial charge in [0.1, 0.15) is 12.3 Å². The van der Waals surface area contributed by atoms with Crippen LogP contribution in [0.5, 0.6) is 11.5 Å². The molecule has 1 heterocycles. The highest BCUT2D eigenvalue weighted by Crippen LogP contribution is 2.31. The van der Waals surface area contributed by atoms with E-state index in [2.05, 4.69) is 31.8 Å². The highest BCUT2D eigenvalue weighted by Gasteiger charge is 2.20. The number of nitrogens with one attached hydrogen (secondary N) is 2. The number of H-pyrrole nitrogens is 1. The first-order valence-electron chi connectivity index (χ1n) is 9.90. The first-order valence-corrected chi connectivity index (χ1v) is 9.90. The Morgan fingerprint density at radius 1 is 1.16 bits per heavy atom. The number of ether oxygens (including phenoxy) is 2. The van der Waals surface area contributed by atoms with E-state index in [-0.39, 0.29) is 11.5 Å². The zero-order chi connectivity index (χ0) is 22.4. The van der Waals surface area contributed by atoms with Crippen LogP contribution in [0, 0.1) is 6.92 Å². The smallest absolute Gasteiger partial charge is 0.274 e. The van der Waals surface area contributed by atoms with Gasteiger partial charge in [0.2, 0.25) is 5.95 Å². The molecule has 2 aromatic carbocycles. The van der Waals surface area contributed by atoms with Crippen LogP contribution >= 0.6 is 0 Å². The highest BCUT2D eigenvalue weighted by molar-refractivity contribution is 5.85. The second kappa shape index (κ2) is 9.42. The van der Waals surface area contributed by atoms with Gasteiger partial charge in [-0.1, -0.05) is 56.7 Å². The Labute approximate surface area is 181 Å². The van der Waals surface area contributed by atoms with Gasteiger partial charge in [0, 0.05) is 11.0 Å². The molecule has 0 bridgehead atoms. The van der Waals surface area contributed by atoms with Gasteiger partial charge >= 0.3 is 0 Å². The monoisotopic (exact) mass is 421 g/mol. The molecule has 2 N–H and O–H groups in total. The van der Waals surface area contributed by atoms with Crippen molar-refractivity contribution in [3.05, 3.63) is 75.2 Å². The molecular formula is C23H27N5O3. The van der Waals surface area contributed by atoms with Crippen LogP contribution in [0.2, 0.25) is 0 Å². The van der Waals surface area contributed by atoms with E-state index in [1.165, 1.54) is 5.56 Å². The number of hydrogen-bond acceptors (Lipinski definition) is 7. The number of rotatable bonds is 7. The van der Waals surface area contributed by atoms with Crippen LogP contribution in [0.4, 0.5) is 5.95 Å². The lowest BCUT2D eigenvalue weighted by molar-refractivity contribution is 0.284. The second-order valence-corrected chi connectivity index (χ2v) is 8.13. The number of hydrazone groups is 1. The fourth-order valence-electron chi connectivity index (χ4n) is 2.95. The van der Waals surface area contributed by atoms with E-state index in [1.54, 1.807) is 13.3 Å². The molecule has 8 heteroatoms.